The second-order valence-electron chi connectivity index (χ2n) is 4.87. The van der Waals surface area contributed by atoms with E-state index in [-0.39, 0.29) is 18.4 Å². The molecule has 0 heterocycles. The molecule has 0 unspecified atom stereocenters. The Morgan fingerprint density at radius 2 is 2.10 bits per heavy atom. The van der Waals surface area contributed by atoms with E-state index in [0.29, 0.717) is 25.9 Å². The van der Waals surface area contributed by atoms with Crippen molar-refractivity contribution < 1.29 is 19.1 Å². The predicted octanol–water partition coefficient (Wildman–Crippen LogP) is 2.18. The van der Waals surface area contributed by atoms with Crippen molar-refractivity contribution in [3.63, 3.8) is 0 Å². The van der Waals surface area contributed by atoms with E-state index in [0.717, 1.165) is 11.1 Å². The van der Waals surface area contributed by atoms with Crippen LogP contribution in [0.1, 0.15) is 24.5 Å². The molecule has 0 fully saturated rings. The number of aryl methyl sites for hydroxylation is 1. The van der Waals surface area contributed by atoms with Gasteiger partial charge in [-0.25, -0.2) is 9.18 Å². The SMILES string of the molecule is CCCN(CC(=O)O)C(=O)NCCc1ccc(F)cc1C. The molecule has 0 aliphatic rings. The number of hydrogen-bond acceptors (Lipinski definition) is 2. The first-order chi connectivity index (χ1) is 9.93. The molecule has 2 amide bonds. The number of carbonyl (C=O) groups excluding carboxylic acids is 1. The average Bonchev–Trinajstić information content (AvgIpc) is 2.40. The van der Waals surface area contributed by atoms with Crippen LogP contribution in [-0.4, -0.2) is 41.6 Å². The van der Waals surface area contributed by atoms with Crippen LogP contribution in [0.4, 0.5) is 9.18 Å². The van der Waals surface area contributed by atoms with Crippen LogP contribution in [0.25, 0.3) is 0 Å². The number of nitrogens with zero attached hydrogens (tertiary/aromatic N) is 1. The van der Waals surface area contributed by atoms with Crippen LogP contribution in [0.5, 0.6) is 0 Å². The third-order valence-corrected chi connectivity index (χ3v) is 3.08. The minimum absolute atomic E-state index is 0.282. The minimum atomic E-state index is -1.03. The van der Waals surface area contributed by atoms with E-state index in [4.69, 9.17) is 5.11 Å². The fourth-order valence-electron chi connectivity index (χ4n) is 2.04. The molecule has 0 radical (unpaired) electrons. The number of benzene rings is 1. The van der Waals surface area contributed by atoms with E-state index in [1.54, 1.807) is 6.07 Å². The summed E-state index contributed by atoms with van der Waals surface area (Å²) >= 11 is 0. The number of carboxylic acids is 1. The van der Waals surface area contributed by atoms with Crippen molar-refractivity contribution in [3.8, 4) is 0 Å². The highest BCUT2D eigenvalue weighted by Crippen LogP contribution is 2.10. The van der Waals surface area contributed by atoms with Gasteiger partial charge in [-0.05, 0) is 43.0 Å². The molecule has 21 heavy (non-hydrogen) atoms. The van der Waals surface area contributed by atoms with Gasteiger partial charge in [0.2, 0.25) is 0 Å². The molecule has 1 aromatic carbocycles. The van der Waals surface area contributed by atoms with Crippen LogP contribution in [0, 0.1) is 12.7 Å². The monoisotopic (exact) mass is 296 g/mol. The van der Waals surface area contributed by atoms with Crippen molar-refractivity contribution in [2.75, 3.05) is 19.6 Å². The molecule has 1 rings (SSSR count). The molecule has 116 valence electrons. The van der Waals surface area contributed by atoms with Crippen molar-refractivity contribution >= 4 is 12.0 Å². The van der Waals surface area contributed by atoms with Crippen LogP contribution in [0.3, 0.4) is 0 Å². The number of carboxylic acid groups (broad SMARTS) is 1. The molecular formula is C15H21FN2O3. The second-order valence-corrected chi connectivity index (χ2v) is 4.87. The Morgan fingerprint density at radius 1 is 1.38 bits per heavy atom. The summed E-state index contributed by atoms with van der Waals surface area (Å²) < 4.78 is 13.0. The van der Waals surface area contributed by atoms with E-state index in [1.807, 2.05) is 13.8 Å². The lowest BCUT2D eigenvalue weighted by Crippen LogP contribution is -2.43. The van der Waals surface area contributed by atoms with Crippen molar-refractivity contribution in [2.45, 2.75) is 26.7 Å². The number of nitrogens with one attached hydrogen (secondary N) is 1. The molecule has 2 N–H and O–H groups in total. The zero-order valence-electron chi connectivity index (χ0n) is 12.4. The Kier molecular flexibility index (Phi) is 6.65. The summed E-state index contributed by atoms with van der Waals surface area (Å²) in [5.41, 5.74) is 1.79. The van der Waals surface area contributed by atoms with Gasteiger partial charge in [-0.3, -0.25) is 4.79 Å². The molecule has 1 aromatic rings. The summed E-state index contributed by atoms with van der Waals surface area (Å²) in [4.78, 5) is 23.9. The Morgan fingerprint density at radius 3 is 2.67 bits per heavy atom. The van der Waals surface area contributed by atoms with Gasteiger partial charge in [0, 0.05) is 13.1 Å². The maximum Gasteiger partial charge on any atom is 0.323 e. The van der Waals surface area contributed by atoms with Gasteiger partial charge in [0.05, 0.1) is 0 Å². The molecule has 0 atom stereocenters. The van der Waals surface area contributed by atoms with Crippen LogP contribution < -0.4 is 5.32 Å². The number of urea groups is 1. The predicted molar refractivity (Wildman–Crippen MR) is 77.7 cm³/mol. The van der Waals surface area contributed by atoms with Crippen molar-refractivity contribution in [2.24, 2.45) is 0 Å². The lowest BCUT2D eigenvalue weighted by molar-refractivity contribution is -0.137. The molecule has 0 aromatic heterocycles. The summed E-state index contributed by atoms with van der Waals surface area (Å²) in [6.45, 7) is 4.16. The molecule has 0 aliphatic heterocycles. The lowest BCUT2D eigenvalue weighted by Gasteiger charge is -2.20. The zero-order valence-corrected chi connectivity index (χ0v) is 12.4. The van der Waals surface area contributed by atoms with Crippen LogP contribution >= 0.6 is 0 Å². The second kappa shape index (κ2) is 8.24. The van der Waals surface area contributed by atoms with Crippen LogP contribution in [0.15, 0.2) is 18.2 Å². The Bertz CT molecular complexity index is 506. The first-order valence-corrected chi connectivity index (χ1v) is 6.93. The largest absolute Gasteiger partial charge is 0.480 e. The highest BCUT2D eigenvalue weighted by Gasteiger charge is 2.15. The highest BCUT2D eigenvalue weighted by atomic mass is 19.1. The summed E-state index contributed by atoms with van der Waals surface area (Å²) in [6, 6.07) is 4.14. The molecule has 0 bridgehead atoms. The third kappa shape index (κ3) is 5.81. The minimum Gasteiger partial charge on any atom is -0.480 e. The first-order valence-electron chi connectivity index (χ1n) is 6.93. The van der Waals surface area contributed by atoms with E-state index in [2.05, 4.69) is 5.32 Å². The van der Waals surface area contributed by atoms with Gasteiger partial charge in [-0.1, -0.05) is 13.0 Å². The molecular weight excluding hydrogens is 275 g/mol. The number of amides is 2. The summed E-state index contributed by atoms with van der Waals surface area (Å²) in [5.74, 6) is -1.32. The van der Waals surface area contributed by atoms with Gasteiger partial charge in [0.25, 0.3) is 0 Å². The van der Waals surface area contributed by atoms with E-state index < -0.39 is 5.97 Å². The smallest absolute Gasteiger partial charge is 0.323 e. The molecule has 0 spiro atoms. The number of hydrogen-bond donors (Lipinski definition) is 2. The average molecular weight is 296 g/mol. The Balaban J connectivity index is 2.49. The zero-order chi connectivity index (χ0) is 15.8. The van der Waals surface area contributed by atoms with Gasteiger partial charge >= 0.3 is 12.0 Å². The normalized spacial score (nSPS) is 10.2. The topological polar surface area (TPSA) is 69.6 Å². The van der Waals surface area contributed by atoms with Gasteiger partial charge in [-0.2, -0.15) is 0 Å². The van der Waals surface area contributed by atoms with Gasteiger partial charge in [0.1, 0.15) is 12.4 Å². The summed E-state index contributed by atoms with van der Waals surface area (Å²) in [6.07, 6.45) is 1.27. The molecule has 0 aliphatic carbocycles. The summed E-state index contributed by atoms with van der Waals surface area (Å²) in [7, 11) is 0. The van der Waals surface area contributed by atoms with Gasteiger partial charge < -0.3 is 15.3 Å². The van der Waals surface area contributed by atoms with E-state index in [1.165, 1.54) is 17.0 Å². The van der Waals surface area contributed by atoms with Gasteiger partial charge in [0.15, 0.2) is 0 Å². The van der Waals surface area contributed by atoms with Crippen molar-refractivity contribution in [1.82, 2.24) is 10.2 Å². The fraction of sp³-hybridized carbons (Fsp3) is 0.467. The maximum atomic E-state index is 13.0. The fourth-order valence-corrected chi connectivity index (χ4v) is 2.04. The van der Waals surface area contributed by atoms with Crippen LogP contribution in [-0.2, 0) is 11.2 Å². The quantitative estimate of drug-likeness (QED) is 0.810. The standard InChI is InChI=1S/C15H21FN2O3/c1-3-8-18(10-14(19)20)15(21)17-7-6-12-4-5-13(16)9-11(12)2/h4-5,9H,3,6-8,10H2,1-2H3,(H,17,21)(H,19,20). The highest BCUT2D eigenvalue weighted by molar-refractivity contribution is 5.80. The number of aliphatic carboxylic acids is 1. The van der Waals surface area contributed by atoms with Crippen molar-refractivity contribution in [1.29, 1.82) is 0 Å². The molecule has 0 saturated heterocycles. The Labute approximate surface area is 123 Å². The number of halogens is 1. The van der Waals surface area contributed by atoms with Crippen LogP contribution in [0.2, 0.25) is 0 Å². The maximum absolute atomic E-state index is 13.0. The van der Waals surface area contributed by atoms with Gasteiger partial charge in [-0.15, -0.1) is 0 Å². The van der Waals surface area contributed by atoms with E-state index in [9.17, 15) is 14.0 Å². The Hall–Kier alpha value is -2.11. The van der Waals surface area contributed by atoms with E-state index >= 15 is 0 Å². The lowest BCUT2D eigenvalue weighted by atomic mass is 10.1. The third-order valence-electron chi connectivity index (χ3n) is 3.08. The molecule has 6 heteroatoms. The first kappa shape index (κ1) is 16.9. The van der Waals surface area contributed by atoms with Crippen molar-refractivity contribution in [3.05, 3.63) is 35.1 Å². The molecule has 5 nitrogen and oxygen atoms in total. The summed E-state index contributed by atoms with van der Waals surface area (Å²) in [5, 5.41) is 11.5. The molecule has 0 saturated carbocycles. The number of rotatable bonds is 7. The number of carbonyl (C=O) groups is 2.